The fourth-order valence-electron chi connectivity index (χ4n) is 1.81. The second-order valence-electron chi connectivity index (χ2n) is 4.77. The maximum atomic E-state index is 12.3. The Kier molecular flexibility index (Phi) is 6.61. The molecule has 114 valence electrons. The van der Waals surface area contributed by atoms with E-state index in [-0.39, 0.29) is 17.0 Å². The van der Waals surface area contributed by atoms with Gasteiger partial charge in [0.25, 0.3) is 0 Å². The summed E-state index contributed by atoms with van der Waals surface area (Å²) in [5, 5.41) is 0. The van der Waals surface area contributed by atoms with Crippen LogP contribution in [0.4, 0.5) is 0 Å². The van der Waals surface area contributed by atoms with Gasteiger partial charge in [-0.2, -0.15) is 0 Å². The third-order valence-corrected chi connectivity index (χ3v) is 4.55. The van der Waals surface area contributed by atoms with Crippen LogP contribution in [0.3, 0.4) is 0 Å². The zero-order valence-corrected chi connectivity index (χ0v) is 13.1. The summed E-state index contributed by atoms with van der Waals surface area (Å²) in [7, 11) is -3.54. The summed E-state index contributed by atoms with van der Waals surface area (Å²) >= 11 is 0. The van der Waals surface area contributed by atoms with Crippen LogP contribution in [-0.4, -0.2) is 27.7 Å². The molecular formula is C14H24N2O3S. The van der Waals surface area contributed by atoms with Crippen LogP contribution in [0.5, 0.6) is 0 Å². The maximum Gasteiger partial charge on any atom is 0.240 e. The van der Waals surface area contributed by atoms with E-state index in [9.17, 15) is 8.42 Å². The highest BCUT2D eigenvalue weighted by molar-refractivity contribution is 7.89. The summed E-state index contributed by atoms with van der Waals surface area (Å²) in [5.41, 5.74) is 6.76. The Balaban J connectivity index is 2.87. The van der Waals surface area contributed by atoms with Gasteiger partial charge in [-0.1, -0.05) is 19.1 Å². The molecule has 0 spiro atoms. The lowest BCUT2D eigenvalue weighted by Gasteiger charge is -2.15. The van der Waals surface area contributed by atoms with Gasteiger partial charge in [-0.05, 0) is 38.0 Å². The molecule has 0 radical (unpaired) electrons. The van der Waals surface area contributed by atoms with Crippen LogP contribution in [0, 0.1) is 0 Å². The minimum absolute atomic E-state index is 0.147. The van der Waals surface area contributed by atoms with E-state index in [4.69, 9.17) is 10.5 Å². The number of hydrogen-bond donors (Lipinski definition) is 2. The molecule has 0 saturated heterocycles. The molecule has 0 aliphatic rings. The molecule has 0 aromatic heterocycles. The molecule has 0 aliphatic heterocycles. The lowest BCUT2D eigenvalue weighted by atomic mass is 10.1. The van der Waals surface area contributed by atoms with E-state index in [0.717, 1.165) is 12.0 Å². The van der Waals surface area contributed by atoms with Crippen molar-refractivity contribution >= 4 is 10.0 Å². The van der Waals surface area contributed by atoms with Crippen molar-refractivity contribution in [3.05, 3.63) is 29.8 Å². The molecule has 20 heavy (non-hydrogen) atoms. The summed E-state index contributed by atoms with van der Waals surface area (Å²) in [6, 6.07) is 6.34. The maximum absolute atomic E-state index is 12.3. The number of nitrogens with two attached hydrogens (primary N) is 1. The van der Waals surface area contributed by atoms with Crippen molar-refractivity contribution in [1.29, 1.82) is 0 Å². The Bertz CT molecular complexity index is 517. The first-order chi connectivity index (χ1) is 9.40. The number of ether oxygens (including phenoxy) is 1. The van der Waals surface area contributed by atoms with Crippen LogP contribution in [0.15, 0.2) is 29.2 Å². The van der Waals surface area contributed by atoms with Crippen LogP contribution in [0.25, 0.3) is 0 Å². The number of sulfonamides is 1. The van der Waals surface area contributed by atoms with Crippen molar-refractivity contribution < 1.29 is 13.2 Å². The van der Waals surface area contributed by atoms with Crippen LogP contribution in [0.1, 0.15) is 38.8 Å². The SMILES string of the molecule is CCOCC(C)NS(=O)(=O)c1cccc(C(N)CC)c1. The lowest BCUT2D eigenvalue weighted by molar-refractivity contribution is 0.133. The van der Waals surface area contributed by atoms with Crippen LogP contribution >= 0.6 is 0 Å². The summed E-state index contributed by atoms with van der Waals surface area (Å²) in [5.74, 6) is 0. The van der Waals surface area contributed by atoms with Gasteiger partial charge in [0.1, 0.15) is 0 Å². The monoisotopic (exact) mass is 300 g/mol. The van der Waals surface area contributed by atoms with E-state index in [0.29, 0.717) is 13.2 Å². The molecule has 0 amide bonds. The zero-order valence-electron chi connectivity index (χ0n) is 12.3. The summed E-state index contributed by atoms with van der Waals surface area (Å²) in [6.07, 6.45) is 0.762. The molecule has 0 heterocycles. The van der Waals surface area contributed by atoms with Crippen molar-refractivity contribution in [2.45, 2.75) is 44.2 Å². The van der Waals surface area contributed by atoms with E-state index >= 15 is 0 Å². The van der Waals surface area contributed by atoms with Crippen LogP contribution < -0.4 is 10.5 Å². The number of rotatable bonds is 8. The first-order valence-electron chi connectivity index (χ1n) is 6.86. The summed E-state index contributed by atoms with van der Waals surface area (Å²) < 4.78 is 32.3. The topological polar surface area (TPSA) is 81.4 Å². The second-order valence-corrected chi connectivity index (χ2v) is 6.48. The Hall–Kier alpha value is -0.950. The van der Waals surface area contributed by atoms with E-state index in [2.05, 4.69) is 4.72 Å². The van der Waals surface area contributed by atoms with E-state index in [1.807, 2.05) is 19.9 Å². The Morgan fingerprint density at radius 1 is 1.35 bits per heavy atom. The highest BCUT2D eigenvalue weighted by Gasteiger charge is 2.18. The number of benzene rings is 1. The molecule has 6 heteroatoms. The van der Waals surface area contributed by atoms with Gasteiger partial charge in [-0.25, -0.2) is 13.1 Å². The van der Waals surface area contributed by atoms with Crippen molar-refractivity contribution in [1.82, 2.24) is 4.72 Å². The molecule has 1 aromatic rings. The lowest BCUT2D eigenvalue weighted by Crippen LogP contribution is -2.36. The molecule has 5 nitrogen and oxygen atoms in total. The van der Waals surface area contributed by atoms with E-state index in [1.165, 1.54) is 0 Å². The van der Waals surface area contributed by atoms with E-state index < -0.39 is 10.0 Å². The van der Waals surface area contributed by atoms with Crippen molar-refractivity contribution in [3.63, 3.8) is 0 Å². The third kappa shape index (κ3) is 4.86. The molecule has 3 N–H and O–H groups in total. The fraction of sp³-hybridized carbons (Fsp3) is 0.571. The van der Waals surface area contributed by atoms with Gasteiger partial charge in [-0.3, -0.25) is 0 Å². The minimum Gasteiger partial charge on any atom is -0.380 e. The molecule has 1 rings (SSSR count). The average molecular weight is 300 g/mol. The molecule has 0 bridgehead atoms. The second kappa shape index (κ2) is 7.73. The Labute approximate surface area is 121 Å². The number of hydrogen-bond acceptors (Lipinski definition) is 4. The molecular weight excluding hydrogens is 276 g/mol. The van der Waals surface area contributed by atoms with Crippen LogP contribution in [-0.2, 0) is 14.8 Å². The van der Waals surface area contributed by atoms with Crippen molar-refractivity contribution in [2.24, 2.45) is 5.73 Å². The molecule has 2 unspecified atom stereocenters. The Morgan fingerprint density at radius 2 is 2.05 bits per heavy atom. The van der Waals surface area contributed by atoms with Gasteiger partial charge in [0.05, 0.1) is 11.5 Å². The van der Waals surface area contributed by atoms with Gasteiger partial charge in [0.2, 0.25) is 10.0 Å². The zero-order chi connectivity index (χ0) is 15.2. The van der Waals surface area contributed by atoms with Gasteiger partial charge < -0.3 is 10.5 Å². The summed E-state index contributed by atoms with van der Waals surface area (Å²) in [6.45, 7) is 6.52. The summed E-state index contributed by atoms with van der Waals surface area (Å²) in [4.78, 5) is 0.238. The highest BCUT2D eigenvalue weighted by atomic mass is 32.2. The fourth-order valence-corrected chi connectivity index (χ4v) is 3.09. The highest BCUT2D eigenvalue weighted by Crippen LogP contribution is 2.18. The van der Waals surface area contributed by atoms with Gasteiger partial charge in [0.15, 0.2) is 0 Å². The standard InChI is InChI=1S/C14H24N2O3S/c1-4-14(15)12-7-6-8-13(9-12)20(17,18)16-11(3)10-19-5-2/h6-9,11,14,16H,4-5,10,15H2,1-3H3. The third-order valence-electron chi connectivity index (χ3n) is 2.96. The minimum atomic E-state index is -3.54. The predicted octanol–water partition coefficient (Wildman–Crippen LogP) is 1.80. The van der Waals surface area contributed by atoms with E-state index in [1.54, 1.807) is 25.1 Å². The smallest absolute Gasteiger partial charge is 0.240 e. The molecule has 0 aliphatic carbocycles. The molecule has 0 fully saturated rings. The Morgan fingerprint density at radius 3 is 2.65 bits per heavy atom. The van der Waals surface area contributed by atoms with Crippen LogP contribution in [0.2, 0.25) is 0 Å². The van der Waals surface area contributed by atoms with Crippen molar-refractivity contribution in [2.75, 3.05) is 13.2 Å². The van der Waals surface area contributed by atoms with Gasteiger partial charge >= 0.3 is 0 Å². The first-order valence-corrected chi connectivity index (χ1v) is 8.34. The normalized spacial score (nSPS) is 15.0. The van der Waals surface area contributed by atoms with Gasteiger partial charge in [0, 0.05) is 18.7 Å². The largest absolute Gasteiger partial charge is 0.380 e. The number of nitrogens with one attached hydrogen (secondary N) is 1. The molecule has 0 saturated carbocycles. The van der Waals surface area contributed by atoms with Gasteiger partial charge in [-0.15, -0.1) is 0 Å². The average Bonchev–Trinajstić information content (AvgIpc) is 2.44. The molecule has 2 atom stereocenters. The van der Waals surface area contributed by atoms with Crippen molar-refractivity contribution in [3.8, 4) is 0 Å². The molecule has 1 aromatic carbocycles. The first kappa shape index (κ1) is 17.1. The predicted molar refractivity (Wildman–Crippen MR) is 79.9 cm³/mol. The quantitative estimate of drug-likeness (QED) is 0.767.